The molecule has 0 saturated heterocycles. The van der Waals surface area contributed by atoms with Gasteiger partial charge in [0, 0.05) is 22.2 Å². The smallest absolute Gasteiger partial charge is 0.129 e. The first-order valence-electron chi connectivity index (χ1n) is 6.98. The average molecular weight is 297 g/mol. The first-order valence-corrected chi connectivity index (χ1v) is 7.36. The zero-order valence-corrected chi connectivity index (χ0v) is 12.0. The van der Waals surface area contributed by atoms with E-state index >= 15 is 0 Å². The molecule has 0 radical (unpaired) electrons. The van der Waals surface area contributed by atoms with E-state index in [4.69, 9.17) is 11.6 Å². The summed E-state index contributed by atoms with van der Waals surface area (Å²) in [6.07, 6.45) is 4.04. The Morgan fingerprint density at radius 3 is 2.76 bits per heavy atom. The van der Waals surface area contributed by atoms with Gasteiger partial charge < -0.3 is 5.32 Å². The number of rotatable bonds is 2. The van der Waals surface area contributed by atoms with Gasteiger partial charge in [-0.2, -0.15) is 10.4 Å². The summed E-state index contributed by atoms with van der Waals surface area (Å²) in [5, 5.41) is 20.8. The first kappa shape index (κ1) is 12.5. The molecule has 0 spiro atoms. The van der Waals surface area contributed by atoms with Crippen LogP contribution in [0.5, 0.6) is 0 Å². The van der Waals surface area contributed by atoms with Gasteiger partial charge in [-0.25, -0.2) is 0 Å². The van der Waals surface area contributed by atoms with Gasteiger partial charge in [0.1, 0.15) is 5.82 Å². The lowest BCUT2D eigenvalue weighted by molar-refractivity contribution is 0.878. The van der Waals surface area contributed by atoms with Crippen molar-refractivity contribution in [1.82, 2.24) is 10.2 Å². The lowest BCUT2D eigenvalue weighted by Gasteiger charge is -2.27. The number of nitrogens with zero attached hydrogens (tertiary/aromatic N) is 2. The minimum atomic E-state index is -0.144. The van der Waals surface area contributed by atoms with Gasteiger partial charge in [-0.3, -0.25) is 5.10 Å². The number of H-pyrrole nitrogens is 1. The largest absolute Gasteiger partial charge is 0.343 e. The van der Waals surface area contributed by atoms with Crippen molar-refractivity contribution in [3.63, 3.8) is 0 Å². The number of benzene rings is 1. The van der Waals surface area contributed by atoms with E-state index in [0.29, 0.717) is 10.9 Å². The van der Waals surface area contributed by atoms with Crippen molar-refractivity contribution < 1.29 is 0 Å². The van der Waals surface area contributed by atoms with Gasteiger partial charge in [0.05, 0.1) is 23.8 Å². The summed E-state index contributed by atoms with van der Waals surface area (Å²) >= 11 is 6.37. The Morgan fingerprint density at radius 1 is 1.24 bits per heavy atom. The quantitative estimate of drug-likeness (QED) is 0.885. The minimum Gasteiger partial charge on any atom is -0.343 e. The van der Waals surface area contributed by atoms with E-state index in [1.54, 1.807) is 6.20 Å². The molecule has 1 aliphatic heterocycles. The monoisotopic (exact) mass is 296 g/mol. The maximum Gasteiger partial charge on any atom is 0.129 e. The maximum atomic E-state index is 9.70. The third kappa shape index (κ3) is 1.93. The van der Waals surface area contributed by atoms with E-state index in [9.17, 15) is 5.26 Å². The fraction of sp³-hybridized carbons (Fsp3) is 0.250. The number of nitriles is 1. The van der Waals surface area contributed by atoms with E-state index in [0.717, 1.165) is 41.1 Å². The first-order chi connectivity index (χ1) is 10.3. The number of halogens is 1. The van der Waals surface area contributed by atoms with Crippen LogP contribution in [0.3, 0.4) is 0 Å². The predicted molar refractivity (Wildman–Crippen MR) is 80.9 cm³/mol. The maximum absolute atomic E-state index is 9.70. The van der Waals surface area contributed by atoms with Gasteiger partial charge in [0.15, 0.2) is 0 Å². The van der Waals surface area contributed by atoms with Gasteiger partial charge in [-0.05, 0) is 24.5 Å². The van der Waals surface area contributed by atoms with Crippen LogP contribution in [-0.2, 0) is 0 Å². The molecule has 1 fully saturated rings. The molecule has 104 valence electrons. The van der Waals surface area contributed by atoms with Crippen molar-refractivity contribution in [2.45, 2.75) is 18.8 Å². The number of hydrogen-bond donors (Lipinski definition) is 2. The third-order valence-electron chi connectivity index (χ3n) is 4.14. The second-order valence-corrected chi connectivity index (χ2v) is 5.90. The Kier molecular flexibility index (Phi) is 2.76. The van der Waals surface area contributed by atoms with Crippen LogP contribution < -0.4 is 5.32 Å². The van der Waals surface area contributed by atoms with E-state index in [1.165, 1.54) is 0 Å². The number of anilines is 1. The third-order valence-corrected chi connectivity index (χ3v) is 4.48. The number of aromatic nitrogens is 2. The minimum absolute atomic E-state index is 0.144. The fourth-order valence-corrected chi connectivity index (χ4v) is 3.22. The Morgan fingerprint density at radius 2 is 2.05 bits per heavy atom. The zero-order chi connectivity index (χ0) is 14.4. The summed E-state index contributed by atoms with van der Waals surface area (Å²) in [4.78, 5) is 0. The van der Waals surface area contributed by atoms with Gasteiger partial charge >= 0.3 is 0 Å². The molecule has 1 atom stereocenters. The summed E-state index contributed by atoms with van der Waals surface area (Å²) in [6.45, 7) is 0. The molecule has 4 rings (SSSR count). The van der Waals surface area contributed by atoms with Gasteiger partial charge in [-0.1, -0.05) is 29.8 Å². The second kappa shape index (κ2) is 4.64. The SMILES string of the molecule is N#CC1=C(C2CC2)Nc2[nH]ncc2C1c1ccccc1Cl. The molecule has 0 amide bonds. The second-order valence-electron chi connectivity index (χ2n) is 5.49. The normalized spacial score (nSPS) is 20.7. The molecule has 1 unspecified atom stereocenters. The molecule has 2 aromatic rings. The number of hydrogen-bond acceptors (Lipinski definition) is 3. The summed E-state index contributed by atoms with van der Waals surface area (Å²) in [6, 6.07) is 10.1. The Bertz CT molecular complexity index is 780. The van der Waals surface area contributed by atoms with Crippen LogP contribution in [0.1, 0.15) is 29.9 Å². The molecular formula is C16H13ClN4. The molecule has 2 heterocycles. The molecular weight excluding hydrogens is 284 g/mol. The zero-order valence-electron chi connectivity index (χ0n) is 11.2. The average Bonchev–Trinajstić information content (AvgIpc) is 3.24. The molecule has 1 aromatic carbocycles. The molecule has 1 aliphatic carbocycles. The molecule has 0 bridgehead atoms. The Hall–Kier alpha value is -2.25. The standard InChI is InChI=1S/C16H13ClN4/c17-13-4-2-1-3-10(13)14-11(7-18)15(9-5-6-9)20-16-12(14)8-19-21-16/h1-4,8-9,14H,5-6H2,(H2,19,20,21). The highest BCUT2D eigenvalue weighted by atomic mass is 35.5. The van der Waals surface area contributed by atoms with Gasteiger partial charge in [0.2, 0.25) is 0 Å². The highest BCUT2D eigenvalue weighted by Crippen LogP contribution is 2.48. The van der Waals surface area contributed by atoms with Crippen LogP contribution in [0.2, 0.25) is 5.02 Å². The van der Waals surface area contributed by atoms with Gasteiger partial charge in [-0.15, -0.1) is 0 Å². The number of allylic oxidation sites excluding steroid dienone is 2. The molecule has 1 aromatic heterocycles. The topological polar surface area (TPSA) is 64.5 Å². The predicted octanol–water partition coefficient (Wildman–Crippen LogP) is 3.81. The van der Waals surface area contributed by atoms with Crippen LogP contribution in [0.4, 0.5) is 5.82 Å². The summed E-state index contributed by atoms with van der Waals surface area (Å²) < 4.78 is 0. The van der Waals surface area contributed by atoms with Crippen molar-refractivity contribution in [2.75, 3.05) is 5.32 Å². The molecule has 2 aliphatic rings. The van der Waals surface area contributed by atoms with Crippen molar-refractivity contribution in [3.05, 3.63) is 57.9 Å². The molecule has 2 N–H and O–H groups in total. The van der Waals surface area contributed by atoms with E-state index < -0.39 is 0 Å². The highest BCUT2D eigenvalue weighted by Gasteiger charge is 2.38. The van der Waals surface area contributed by atoms with Crippen molar-refractivity contribution in [1.29, 1.82) is 5.26 Å². The summed E-state index contributed by atoms with van der Waals surface area (Å²) in [5.41, 5.74) is 3.72. The van der Waals surface area contributed by atoms with Crippen LogP contribution in [0, 0.1) is 17.2 Å². The van der Waals surface area contributed by atoms with Crippen LogP contribution >= 0.6 is 11.6 Å². The number of nitrogens with one attached hydrogen (secondary N) is 2. The lowest BCUT2D eigenvalue weighted by atomic mass is 9.82. The van der Waals surface area contributed by atoms with Crippen molar-refractivity contribution in [2.24, 2.45) is 5.92 Å². The summed E-state index contributed by atoms with van der Waals surface area (Å²) in [5.74, 6) is 1.19. The summed E-state index contributed by atoms with van der Waals surface area (Å²) in [7, 11) is 0. The van der Waals surface area contributed by atoms with Crippen LogP contribution in [-0.4, -0.2) is 10.2 Å². The highest BCUT2D eigenvalue weighted by molar-refractivity contribution is 6.31. The van der Waals surface area contributed by atoms with Crippen LogP contribution in [0.25, 0.3) is 0 Å². The van der Waals surface area contributed by atoms with Crippen LogP contribution in [0.15, 0.2) is 41.7 Å². The van der Waals surface area contributed by atoms with E-state index in [1.807, 2.05) is 24.3 Å². The Balaban J connectivity index is 1.94. The Labute approximate surface area is 127 Å². The lowest BCUT2D eigenvalue weighted by Crippen LogP contribution is -2.19. The number of aromatic amines is 1. The molecule has 4 nitrogen and oxygen atoms in total. The molecule has 5 heteroatoms. The molecule has 1 saturated carbocycles. The van der Waals surface area contributed by atoms with E-state index in [-0.39, 0.29) is 5.92 Å². The number of fused-ring (bicyclic) bond motifs is 1. The van der Waals surface area contributed by atoms with E-state index in [2.05, 4.69) is 21.6 Å². The molecule has 21 heavy (non-hydrogen) atoms. The van der Waals surface area contributed by atoms with Crippen molar-refractivity contribution >= 4 is 17.4 Å². The fourth-order valence-electron chi connectivity index (χ4n) is 2.98. The van der Waals surface area contributed by atoms with Crippen molar-refractivity contribution in [3.8, 4) is 6.07 Å². The van der Waals surface area contributed by atoms with Gasteiger partial charge in [0.25, 0.3) is 0 Å².